The molecule has 2 heterocycles. The molecule has 0 saturated carbocycles. The van der Waals surface area contributed by atoms with Crippen LogP contribution >= 0.6 is 0 Å². The topological polar surface area (TPSA) is 47.4 Å². The number of rotatable bonds is 6. The molecule has 3 aromatic carbocycles. The van der Waals surface area contributed by atoms with E-state index in [2.05, 4.69) is 47.1 Å². The molecule has 0 unspecified atom stereocenters. The van der Waals surface area contributed by atoms with Crippen LogP contribution in [-0.2, 0) is 4.79 Å². The lowest BCUT2D eigenvalue weighted by molar-refractivity contribution is -0.134. The Hall–Kier alpha value is -3.86. The highest BCUT2D eigenvalue weighted by Gasteiger charge is 2.27. The average Bonchev–Trinajstić information content (AvgIpc) is 3.35. The van der Waals surface area contributed by atoms with Gasteiger partial charge in [0.25, 0.3) is 5.91 Å². The minimum Gasteiger partial charge on any atom is -0.484 e. The number of ether oxygens (including phenoxy) is 1. The van der Waals surface area contributed by atoms with E-state index >= 15 is 0 Å². The number of hydrogen-bond donors (Lipinski definition) is 0. The third kappa shape index (κ3) is 4.88. The van der Waals surface area contributed by atoms with Gasteiger partial charge in [0, 0.05) is 18.7 Å². The predicted molar refractivity (Wildman–Crippen MR) is 135 cm³/mol. The highest BCUT2D eigenvalue weighted by molar-refractivity contribution is 5.78. The second-order valence-electron chi connectivity index (χ2n) is 8.81. The van der Waals surface area contributed by atoms with Gasteiger partial charge in [-0.1, -0.05) is 78.4 Å². The van der Waals surface area contributed by atoms with E-state index in [-0.39, 0.29) is 18.6 Å². The van der Waals surface area contributed by atoms with Crippen molar-refractivity contribution in [1.29, 1.82) is 0 Å². The molecule has 5 rings (SSSR count). The second kappa shape index (κ2) is 9.96. The van der Waals surface area contributed by atoms with Crippen molar-refractivity contribution in [1.82, 2.24) is 14.7 Å². The van der Waals surface area contributed by atoms with Gasteiger partial charge >= 0.3 is 0 Å². The first kappa shape index (κ1) is 22.0. The lowest BCUT2D eigenvalue weighted by Gasteiger charge is -2.32. The van der Waals surface area contributed by atoms with Crippen LogP contribution in [0.4, 0.5) is 0 Å². The fourth-order valence-corrected chi connectivity index (χ4v) is 4.48. The van der Waals surface area contributed by atoms with Gasteiger partial charge in [0.2, 0.25) is 0 Å². The Labute approximate surface area is 200 Å². The number of nitrogens with zero attached hydrogens (tertiary/aromatic N) is 3. The molecule has 0 aliphatic carbocycles. The van der Waals surface area contributed by atoms with Crippen LogP contribution in [0, 0.1) is 6.92 Å². The maximum atomic E-state index is 12.7. The monoisotopic (exact) mass is 451 g/mol. The number of likely N-dealkylation sites (tertiary alicyclic amines) is 1. The molecular weight excluding hydrogens is 422 g/mol. The Morgan fingerprint density at radius 1 is 0.882 bits per heavy atom. The minimum atomic E-state index is 0.0350. The molecule has 0 bridgehead atoms. The normalized spacial score (nSPS) is 14.2. The van der Waals surface area contributed by atoms with Crippen molar-refractivity contribution < 1.29 is 9.53 Å². The molecule has 1 aromatic heterocycles. The minimum absolute atomic E-state index is 0.0350. The van der Waals surface area contributed by atoms with E-state index in [0.29, 0.717) is 13.1 Å². The van der Waals surface area contributed by atoms with Gasteiger partial charge in [-0.05, 0) is 43.5 Å². The molecule has 1 aliphatic heterocycles. The summed E-state index contributed by atoms with van der Waals surface area (Å²) in [5, 5.41) is 5.02. The maximum absolute atomic E-state index is 12.7. The summed E-state index contributed by atoms with van der Waals surface area (Å²) in [7, 11) is 0. The number of aromatic nitrogens is 2. The fraction of sp³-hybridized carbons (Fsp3) is 0.241. The Kier molecular flexibility index (Phi) is 6.43. The Bertz CT molecular complexity index is 1230. The molecule has 0 spiro atoms. The molecule has 34 heavy (non-hydrogen) atoms. The first-order valence-corrected chi connectivity index (χ1v) is 11.8. The molecule has 172 valence electrons. The summed E-state index contributed by atoms with van der Waals surface area (Å²) < 4.78 is 7.88. The van der Waals surface area contributed by atoms with E-state index in [0.717, 1.165) is 41.1 Å². The zero-order valence-electron chi connectivity index (χ0n) is 19.4. The van der Waals surface area contributed by atoms with Crippen LogP contribution in [0.5, 0.6) is 5.75 Å². The quantitative estimate of drug-likeness (QED) is 0.374. The van der Waals surface area contributed by atoms with Crippen molar-refractivity contribution in [2.45, 2.75) is 25.8 Å². The van der Waals surface area contributed by atoms with Crippen LogP contribution in [0.1, 0.15) is 24.4 Å². The Morgan fingerprint density at radius 2 is 1.50 bits per heavy atom. The smallest absolute Gasteiger partial charge is 0.260 e. The summed E-state index contributed by atoms with van der Waals surface area (Å²) in [6.07, 6.45) is 1.73. The van der Waals surface area contributed by atoms with Crippen LogP contribution in [-0.4, -0.2) is 40.3 Å². The highest BCUT2D eigenvalue weighted by Crippen LogP contribution is 2.32. The summed E-state index contributed by atoms with van der Waals surface area (Å²) in [5.41, 5.74) is 5.53. The molecular formula is C29H29N3O2. The van der Waals surface area contributed by atoms with Crippen molar-refractivity contribution in [3.8, 4) is 28.3 Å². The van der Waals surface area contributed by atoms with Gasteiger partial charge in [-0.3, -0.25) is 9.48 Å². The van der Waals surface area contributed by atoms with Crippen LogP contribution in [0.25, 0.3) is 22.5 Å². The lowest BCUT2D eigenvalue weighted by Crippen LogP contribution is -2.41. The van der Waals surface area contributed by atoms with Crippen LogP contribution in [0.2, 0.25) is 0 Å². The summed E-state index contributed by atoms with van der Waals surface area (Å²) >= 11 is 0. The van der Waals surface area contributed by atoms with Crippen LogP contribution in [0.15, 0.2) is 91.0 Å². The maximum Gasteiger partial charge on any atom is 0.260 e. The molecule has 0 atom stereocenters. The fourth-order valence-electron chi connectivity index (χ4n) is 4.48. The number of carbonyl (C=O) groups excluding carboxylic acids is 1. The molecule has 0 radical (unpaired) electrons. The van der Waals surface area contributed by atoms with Gasteiger partial charge in [0.15, 0.2) is 6.61 Å². The third-order valence-corrected chi connectivity index (χ3v) is 6.42. The van der Waals surface area contributed by atoms with E-state index in [1.807, 2.05) is 60.4 Å². The second-order valence-corrected chi connectivity index (χ2v) is 8.81. The standard InChI is InChI=1S/C29H29N3O2/c1-22-12-14-26(15-13-22)34-21-29(33)31-18-16-25(17-19-31)32-28(24-10-6-3-7-11-24)20-27(30-32)23-8-4-2-5-9-23/h2-15,20,25H,16-19,21H2,1H3. The SMILES string of the molecule is Cc1ccc(OCC(=O)N2CCC(n3nc(-c4ccccc4)cc3-c3ccccc3)CC2)cc1. The number of hydrogen-bond acceptors (Lipinski definition) is 3. The largest absolute Gasteiger partial charge is 0.484 e. The van der Waals surface area contributed by atoms with Crippen molar-refractivity contribution in [2.24, 2.45) is 0 Å². The summed E-state index contributed by atoms with van der Waals surface area (Å²) in [6.45, 7) is 3.51. The third-order valence-electron chi connectivity index (χ3n) is 6.42. The number of aryl methyl sites for hydroxylation is 1. The van der Waals surface area contributed by atoms with Crippen molar-refractivity contribution in [3.05, 3.63) is 96.6 Å². The van der Waals surface area contributed by atoms with Gasteiger partial charge in [0.1, 0.15) is 5.75 Å². The Balaban J connectivity index is 1.29. The number of benzene rings is 3. The van der Waals surface area contributed by atoms with E-state index < -0.39 is 0 Å². The van der Waals surface area contributed by atoms with Crippen LogP contribution in [0.3, 0.4) is 0 Å². The molecule has 5 nitrogen and oxygen atoms in total. The van der Waals surface area contributed by atoms with E-state index in [9.17, 15) is 4.79 Å². The van der Waals surface area contributed by atoms with E-state index in [4.69, 9.17) is 9.84 Å². The summed E-state index contributed by atoms with van der Waals surface area (Å²) in [6, 6.07) is 30.9. The molecule has 5 heteroatoms. The first-order chi connectivity index (χ1) is 16.7. The van der Waals surface area contributed by atoms with Gasteiger partial charge < -0.3 is 9.64 Å². The average molecular weight is 452 g/mol. The summed E-state index contributed by atoms with van der Waals surface area (Å²) in [4.78, 5) is 14.6. The zero-order valence-corrected chi connectivity index (χ0v) is 19.4. The van der Waals surface area contributed by atoms with E-state index in [1.165, 1.54) is 5.56 Å². The van der Waals surface area contributed by atoms with Crippen LogP contribution < -0.4 is 4.74 Å². The number of amides is 1. The van der Waals surface area contributed by atoms with Gasteiger partial charge in [-0.15, -0.1) is 0 Å². The zero-order chi connectivity index (χ0) is 23.3. The van der Waals surface area contributed by atoms with E-state index in [1.54, 1.807) is 0 Å². The van der Waals surface area contributed by atoms with Gasteiger partial charge in [-0.25, -0.2) is 0 Å². The van der Waals surface area contributed by atoms with Gasteiger partial charge in [-0.2, -0.15) is 5.10 Å². The predicted octanol–water partition coefficient (Wildman–Crippen LogP) is 5.77. The molecule has 1 fully saturated rings. The highest BCUT2D eigenvalue weighted by atomic mass is 16.5. The molecule has 1 amide bonds. The Morgan fingerprint density at radius 3 is 2.15 bits per heavy atom. The first-order valence-electron chi connectivity index (χ1n) is 11.8. The van der Waals surface area contributed by atoms with Gasteiger partial charge in [0.05, 0.1) is 17.4 Å². The number of carbonyl (C=O) groups is 1. The van der Waals surface area contributed by atoms with Crippen molar-refractivity contribution in [3.63, 3.8) is 0 Å². The number of piperidine rings is 1. The molecule has 1 saturated heterocycles. The molecule has 0 N–H and O–H groups in total. The molecule has 1 aliphatic rings. The van der Waals surface area contributed by atoms with Crippen molar-refractivity contribution in [2.75, 3.05) is 19.7 Å². The van der Waals surface area contributed by atoms with Crippen molar-refractivity contribution >= 4 is 5.91 Å². The molecule has 4 aromatic rings. The summed E-state index contributed by atoms with van der Waals surface area (Å²) in [5.74, 6) is 0.763. The lowest BCUT2D eigenvalue weighted by atomic mass is 10.0.